The molecular formula is C14H20O2. The van der Waals surface area contributed by atoms with Crippen LogP contribution in [0.3, 0.4) is 0 Å². The molecule has 0 heterocycles. The zero-order valence-electron chi connectivity index (χ0n) is 9.76. The highest BCUT2D eigenvalue weighted by atomic mass is 16.3. The van der Waals surface area contributed by atoms with Crippen LogP contribution in [0.2, 0.25) is 0 Å². The highest BCUT2D eigenvalue weighted by Gasteiger charge is 2.24. The lowest BCUT2D eigenvalue weighted by molar-refractivity contribution is -0.00252. The average Bonchev–Trinajstić information content (AvgIpc) is 2.27. The predicted molar refractivity (Wildman–Crippen MR) is 66.1 cm³/mol. The number of rotatable bonds is 6. The lowest BCUT2D eigenvalue weighted by Crippen LogP contribution is -2.26. The molecule has 0 saturated heterocycles. The Hall–Kier alpha value is -1.12. The van der Waals surface area contributed by atoms with Gasteiger partial charge in [-0.15, -0.1) is 6.58 Å². The Labute approximate surface area is 97.2 Å². The fraction of sp³-hybridized carbons (Fsp3) is 0.429. The van der Waals surface area contributed by atoms with Gasteiger partial charge < -0.3 is 10.2 Å². The van der Waals surface area contributed by atoms with E-state index in [4.69, 9.17) is 0 Å². The van der Waals surface area contributed by atoms with Crippen LogP contribution in [0.1, 0.15) is 37.9 Å². The van der Waals surface area contributed by atoms with Crippen molar-refractivity contribution < 1.29 is 10.2 Å². The SMILES string of the molecule is C=CCCC(C)(O)CC(O)c1ccccc1. The minimum Gasteiger partial charge on any atom is -0.390 e. The summed E-state index contributed by atoms with van der Waals surface area (Å²) in [6, 6.07) is 9.42. The van der Waals surface area contributed by atoms with Crippen molar-refractivity contribution in [2.45, 2.75) is 37.9 Å². The number of aliphatic hydroxyl groups excluding tert-OH is 1. The summed E-state index contributed by atoms with van der Waals surface area (Å²) in [4.78, 5) is 0. The molecule has 16 heavy (non-hydrogen) atoms. The van der Waals surface area contributed by atoms with Gasteiger partial charge in [-0.05, 0) is 25.3 Å². The van der Waals surface area contributed by atoms with E-state index in [9.17, 15) is 10.2 Å². The van der Waals surface area contributed by atoms with E-state index in [1.807, 2.05) is 30.3 Å². The van der Waals surface area contributed by atoms with Gasteiger partial charge in [0.2, 0.25) is 0 Å². The molecule has 0 aromatic heterocycles. The van der Waals surface area contributed by atoms with Crippen molar-refractivity contribution >= 4 is 0 Å². The molecule has 1 aromatic carbocycles. The van der Waals surface area contributed by atoms with E-state index in [1.54, 1.807) is 13.0 Å². The maximum atomic E-state index is 10.1. The molecule has 0 amide bonds. The summed E-state index contributed by atoms with van der Waals surface area (Å²) in [7, 11) is 0. The Balaban J connectivity index is 2.56. The number of allylic oxidation sites excluding steroid dienone is 1. The largest absolute Gasteiger partial charge is 0.390 e. The van der Waals surface area contributed by atoms with Crippen LogP contribution in [-0.4, -0.2) is 15.8 Å². The fourth-order valence-electron chi connectivity index (χ4n) is 1.72. The fourth-order valence-corrected chi connectivity index (χ4v) is 1.72. The van der Waals surface area contributed by atoms with E-state index < -0.39 is 11.7 Å². The molecule has 0 saturated carbocycles. The zero-order valence-corrected chi connectivity index (χ0v) is 9.76. The maximum Gasteiger partial charge on any atom is 0.0817 e. The minimum atomic E-state index is -0.844. The second kappa shape index (κ2) is 5.83. The second-order valence-electron chi connectivity index (χ2n) is 4.45. The molecule has 0 aliphatic rings. The Morgan fingerprint density at radius 1 is 1.38 bits per heavy atom. The van der Waals surface area contributed by atoms with Crippen LogP contribution in [0, 0.1) is 0 Å². The molecule has 0 radical (unpaired) electrons. The van der Waals surface area contributed by atoms with Crippen molar-refractivity contribution in [1.29, 1.82) is 0 Å². The van der Waals surface area contributed by atoms with E-state index in [1.165, 1.54) is 0 Å². The first-order valence-electron chi connectivity index (χ1n) is 5.61. The van der Waals surface area contributed by atoms with Crippen molar-refractivity contribution in [2.75, 3.05) is 0 Å². The molecule has 0 bridgehead atoms. The monoisotopic (exact) mass is 220 g/mol. The molecule has 88 valence electrons. The molecular weight excluding hydrogens is 200 g/mol. The lowest BCUT2D eigenvalue weighted by atomic mass is 9.90. The summed E-state index contributed by atoms with van der Waals surface area (Å²) in [6.07, 6.45) is 2.91. The van der Waals surface area contributed by atoms with Gasteiger partial charge in [0, 0.05) is 6.42 Å². The van der Waals surface area contributed by atoms with Crippen molar-refractivity contribution in [2.24, 2.45) is 0 Å². The van der Waals surface area contributed by atoms with E-state index in [0.717, 1.165) is 12.0 Å². The van der Waals surface area contributed by atoms with Crippen molar-refractivity contribution in [1.82, 2.24) is 0 Å². The highest BCUT2D eigenvalue weighted by Crippen LogP contribution is 2.26. The molecule has 0 aliphatic heterocycles. The van der Waals surface area contributed by atoms with Crippen LogP contribution in [0.5, 0.6) is 0 Å². The smallest absolute Gasteiger partial charge is 0.0817 e. The van der Waals surface area contributed by atoms with Gasteiger partial charge >= 0.3 is 0 Å². The molecule has 2 nitrogen and oxygen atoms in total. The Morgan fingerprint density at radius 3 is 2.56 bits per heavy atom. The van der Waals surface area contributed by atoms with Crippen molar-refractivity contribution in [3.8, 4) is 0 Å². The van der Waals surface area contributed by atoms with Crippen LogP contribution in [0.25, 0.3) is 0 Å². The van der Waals surface area contributed by atoms with Crippen LogP contribution in [-0.2, 0) is 0 Å². The maximum absolute atomic E-state index is 10.1. The number of aliphatic hydroxyl groups is 2. The Bertz CT molecular complexity index is 317. The van der Waals surface area contributed by atoms with E-state index in [2.05, 4.69) is 6.58 Å². The third kappa shape index (κ3) is 4.17. The molecule has 0 aliphatic carbocycles. The summed E-state index contributed by atoms with van der Waals surface area (Å²) in [5, 5.41) is 20.0. The summed E-state index contributed by atoms with van der Waals surface area (Å²) in [5.74, 6) is 0. The van der Waals surface area contributed by atoms with Crippen LogP contribution in [0.15, 0.2) is 43.0 Å². The summed E-state index contributed by atoms with van der Waals surface area (Å²) in [5.41, 5.74) is 0.00470. The average molecular weight is 220 g/mol. The standard InChI is InChI=1S/C14H20O2/c1-3-4-10-14(2,16)11-13(15)12-8-6-5-7-9-12/h3,5-9,13,15-16H,1,4,10-11H2,2H3. The molecule has 0 fully saturated rings. The van der Waals surface area contributed by atoms with Gasteiger partial charge in [0.15, 0.2) is 0 Å². The molecule has 0 spiro atoms. The first-order valence-corrected chi connectivity index (χ1v) is 5.61. The van der Waals surface area contributed by atoms with Crippen LogP contribution >= 0.6 is 0 Å². The first kappa shape index (κ1) is 12.9. The zero-order chi connectivity index (χ0) is 12.0. The van der Waals surface area contributed by atoms with E-state index in [0.29, 0.717) is 12.8 Å². The third-order valence-corrected chi connectivity index (χ3v) is 2.70. The van der Waals surface area contributed by atoms with Gasteiger partial charge in [-0.3, -0.25) is 0 Å². The number of benzene rings is 1. The van der Waals surface area contributed by atoms with E-state index >= 15 is 0 Å². The second-order valence-corrected chi connectivity index (χ2v) is 4.45. The first-order chi connectivity index (χ1) is 7.55. The molecule has 2 atom stereocenters. The van der Waals surface area contributed by atoms with Gasteiger partial charge in [-0.2, -0.15) is 0 Å². The third-order valence-electron chi connectivity index (χ3n) is 2.70. The normalized spacial score (nSPS) is 16.4. The molecule has 2 unspecified atom stereocenters. The predicted octanol–water partition coefficient (Wildman–Crippen LogP) is 2.83. The van der Waals surface area contributed by atoms with Crippen LogP contribution in [0.4, 0.5) is 0 Å². The van der Waals surface area contributed by atoms with Crippen molar-refractivity contribution in [3.05, 3.63) is 48.6 Å². The highest BCUT2D eigenvalue weighted by molar-refractivity contribution is 5.17. The summed E-state index contributed by atoms with van der Waals surface area (Å²) in [6.45, 7) is 5.38. The Kier molecular flexibility index (Phi) is 4.71. The Morgan fingerprint density at radius 2 is 2.00 bits per heavy atom. The van der Waals surface area contributed by atoms with E-state index in [-0.39, 0.29) is 0 Å². The van der Waals surface area contributed by atoms with Crippen LogP contribution < -0.4 is 0 Å². The molecule has 1 aromatic rings. The quantitative estimate of drug-likeness (QED) is 0.724. The topological polar surface area (TPSA) is 40.5 Å². The molecule has 2 heteroatoms. The number of hydrogen-bond acceptors (Lipinski definition) is 2. The van der Waals surface area contributed by atoms with Gasteiger partial charge in [0.05, 0.1) is 11.7 Å². The summed E-state index contributed by atoms with van der Waals surface area (Å²) < 4.78 is 0. The van der Waals surface area contributed by atoms with Gasteiger partial charge in [0.25, 0.3) is 0 Å². The molecule has 1 rings (SSSR count). The van der Waals surface area contributed by atoms with Gasteiger partial charge in [0.1, 0.15) is 0 Å². The minimum absolute atomic E-state index is 0.352. The molecule has 2 N–H and O–H groups in total. The lowest BCUT2D eigenvalue weighted by Gasteiger charge is -2.25. The van der Waals surface area contributed by atoms with Gasteiger partial charge in [-0.1, -0.05) is 36.4 Å². The van der Waals surface area contributed by atoms with Crippen molar-refractivity contribution in [3.63, 3.8) is 0 Å². The number of hydrogen-bond donors (Lipinski definition) is 2. The summed E-state index contributed by atoms with van der Waals surface area (Å²) >= 11 is 0. The van der Waals surface area contributed by atoms with Gasteiger partial charge in [-0.25, -0.2) is 0 Å².